The largest absolute Gasteiger partial charge is 0.497 e. The van der Waals surface area contributed by atoms with Gasteiger partial charge in [-0.1, -0.05) is 29.4 Å². The van der Waals surface area contributed by atoms with Crippen LogP contribution in [-0.4, -0.2) is 17.3 Å². The van der Waals surface area contributed by atoms with Crippen LogP contribution in [0.15, 0.2) is 62.3 Å². The zero-order chi connectivity index (χ0) is 17.4. The van der Waals surface area contributed by atoms with E-state index in [2.05, 4.69) is 10.1 Å². The number of aryl methyl sites for hydroxylation is 1. The maximum atomic E-state index is 12.3. The van der Waals surface area contributed by atoms with E-state index in [1.165, 1.54) is 0 Å². The molecule has 0 aliphatic carbocycles. The summed E-state index contributed by atoms with van der Waals surface area (Å²) >= 11 is 0. The monoisotopic (exact) mass is 334 g/mol. The van der Waals surface area contributed by atoms with Gasteiger partial charge >= 0.3 is 5.63 Å². The Morgan fingerprint density at radius 3 is 2.68 bits per heavy atom. The number of hydrogen-bond donors (Lipinski definition) is 0. The van der Waals surface area contributed by atoms with Crippen molar-refractivity contribution in [1.29, 1.82) is 0 Å². The van der Waals surface area contributed by atoms with E-state index in [1.54, 1.807) is 31.4 Å². The first-order chi connectivity index (χ1) is 12.2. The topological polar surface area (TPSA) is 78.4 Å². The Kier molecular flexibility index (Phi) is 3.57. The van der Waals surface area contributed by atoms with Crippen LogP contribution in [-0.2, 0) is 0 Å². The van der Waals surface area contributed by atoms with Crippen LogP contribution in [0.3, 0.4) is 0 Å². The van der Waals surface area contributed by atoms with Gasteiger partial charge in [0.15, 0.2) is 0 Å². The van der Waals surface area contributed by atoms with Crippen LogP contribution in [0, 0.1) is 6.92 Å². The van der Waals surface area contributed by atoms with Gasteiger partial charge in [-0.25, -0.2) is 4.79 Å². The minimum atomic E-state index is -0.541. The molecule has 0 aliphatic heterocycles. The highest BCUT2D eigenvalue weighted by Gasteiger charge is 2.17. The quantitative estimate of drug-likeness (QED) is 0.530. The molecule has 0 saturated heterocycles. The van der Waals surface area contributed by atoms with Gasteiger partial charge in [-0.15, -0.1) is 0 Å². The summed E-state index contributed by atoms with van der Waals surface area (Å²) in [5.41, 5.74) is 2.00. The number of ether oxygens (including phenoxy) is 1. The van der Waals surface area contributed by atoms with E-state index >= 15 is 0 Å². The Labute approximate surface area is 142 Å². The van der Waals surface area contributed by atoms with Gasteiger partial charge in [-0.2, -0.15) is 4.98 Å². The van der Waals surface area contributed by atoms with Crippen LogP contribution in [0.1, 0.15) is 5.56 Å². The van der Waals surface area contributed by atoms with Gasteiger partial charge in [0.1, 0.15) is 16.9 Å². The van der Waals surface area contributed by atoms with Crippen molar-refractivity contribution in [2.24, 2.45) is 0 Å². The molecule has 6 nitrogen and oxygen atoms in total. The van der Waals surface area contributed by atoms with Crippen LogP contribution >= 0.6 is 0 Å². The van der Waals surface area contributed by atoms with E-state index in [-0.39, 0.29) is 11.5 Å². The molecule has 0 amide bonds. The standard InChI is InChI=1S/C19H14N2O4/c1-11-5-3-4-6-14(11)17-20-18(25-21-17)15-9-12-7-8-13(23-2)10-16(12)24-19(15)22/h3-10H,1-2H3. The number of hydrogen-bond acceptors (Lipinski definition) is 6. The van der Waals surface area contributed by atoms with Crippen molar-refractivity contribution >= 4 is 11.0 Å². The Balaban J connectivity index is 1.81. The summed E-state index contributed by atoms with van der Waals surface area (Å²) in [6, 6.07) is 14.6. The van der Waals surface area contributed by atoms with Crippen LogP contribution in [0.5, 0.6) is 5.75 Å². The molecule has 0 fully saturated rings. The van der Waals surface area contributed by atoms with Gasteiger partial charge in [0.2, 0.25) is 5.82 Å². The van der Waals surface area contributed by atoms with Gasteiger partial charge < -0.3 is 13.7 Å². The molecule has 0 N–H and O–H groups in total. The summed E-state index contributed by atoms with van der Waals surface area (Å²) in [5, 5.41) is 4.73. The van der Waals surface area contributed by atoms with Crippen LogP contribution in [0.25, 0.3) is 33.8 Å². The fourth-order valence-corrected chi connectivity index (χ4v) is 2.63. The molecule has 0 bridgehead atoms. The molecule has 2 heterocycles. The third-order valence-electron chi connectivity index (χ3n) is 3.99. The van der Waals surface area contributed by atoms with Gasteiger partial charge in [-0.05, 0) is 30.7 Å². The number of benzene rings is 2. The second-order valence-electron chi connectivity index (χ2n) is 5.59. The second-order valence-corrected chi connectivity index (χ2v) is 5.59. The zero-order valence-corrected chi connectivity index (χ0v) is 13.6. The molecule has 0 saturated carbocycles. The lowest BCUT2D eigenvalue weighted by molar-refractivity contribution is 0.414. The van der Waals surface area contributed by atoms with Crippen molar-refractivity contribution in [1.82, 2.24) is 10.1 Å². The Hall–Kier alpha value is -3.41. The van der Waals surface area contributed by atoms with Crippen molar-refractivity contribution < 1.29 is 13.7 Å². The highest BCUT2D eigenvalue weighted by molar-refractivity contribution is 5.81. The molecule has 2 aromatic heterocycles. The lowest BCUT2D eigenvalue weighted by Crippen LogP contribution is -2.03. The Morgan fingerprint density at radius 1 is 1.04 bits per heavy atom. The molecule has 0 unspecified atom stereocenters. The van der Waals surface area contributed by atoms with Crippen molar-refractivity contribution in [2.75, 3.05) is 7.11 Å². The van der Waals surface area contributed by atoms with E-state index in [0.717, 1.165) is 16.5 Å². The number of nitrogens with zero attached hydrogens (tertiary/aromatic N) is 2. The summed E-state index contributed by atoms with van der Waals surface area (Å²) in [6.07, 6.45) is 0. The van der Waals surface area contributed by atoms with E-state index in [1.807, 2.05) is 31.2 Å². The number of rotatable bonds is 3. The molecular weight excluding hydrogens is 320 g/mol. The molecule has 124 valence electrons. The summed E-state index contributed by atoms with van der Waals surface area (Å²) in [4.78, 5) is 16.7. The van der Waals surface area contributed by atoms with Crippen LogP contribution in [0.4, 0.5) is 0 Å². The van der Waals surface area contributed by atoms with Gasteiger partial charge in [0, 0.05) is 17.0 Å². The lowest BCUT2D eigenvalue weighted by atomic mass is 10.1. The minimum Gasteiger partial charge on any atom is -0.497 e. The molecule has 0 atom stereocenters. The van der Waals surface area contributed by atoms with E-state index < -0.39 is 5.63 Å². The lowest BCUT2D eigenvalue weighted by Gasteiger charge is -2.02. The molecule has 0 aliphatic rings. The third-order valence-corrected chi connectivity index (χ3v) is 3.99. The van der Waals surface area contributed by atoms with E-state index in [4.69, 9.17) is 13.7 Å². The Morgan fingerprint density at radius 2 is 1.88 bits per heavy atom. The normalized spacial score (nSPS) is 11.0. The maximum absolute atomic E-state index is 12.3. The molecular formula is C19H14N2O4. The molecule has 4 aromatic rings. The van der Waals surface area contributed by atoms with Gasteiger partial charge in [0.05, 0.1) is 7.11 Å². The summed E-state index contributed by atoms with van der Waals surface area (Å²) in [7, 11) is 1.55. The average Bonchev–Trinajstić information content (AvgIpc) is 3.10. The fourth-order valence-electron chi connectivity index (χ4n) is 2.63. The van der Waals surface area contributed by atoms with Crippen LogP contribution in [0.2, 0.25) is 0 Å². The van der Waals surface area contributed by atoms with Crippen molar-refractivity contribution in [3.8, 4) is 28.6 Å². The summed E-state index contributed by atoms with van der Waals surface area (Å²) in [5.74, 6) is 1.18. The molecule has 6 heteroatoms. The molecule has 4 rings (SSSR count). The third kappa shape index (κ3) is 2.67. The smallest absolute Gasteiger partial charge is 0.349 e. The summed E-state index contributed by atoms with van der Waals surface area (Å²) < 4.78 is 15.8. The van der Waals surface area contributed by atoms with Crippen molar-refractivity contribution in [3.63, 3.8) is 0 Å². The van der Waals surface area contributed by atoms with Crippen LogP contribution < -0.4 is 10.4 Å². The highest BCUT2D eigenvalue weighted by Crippen LogP contribution is 2.26. The second kappa shape index (κ2) is 5.90. The number of methoxy groups -OCH3 is 1. The summed E-state index contributed by atoms with van der Waals surface area (Å²) in [6.45, 7) is 1.96. The molecule has 2 aromatic carbocycles. The highest BCUT2D eigenvalue weighted by atomic mass is 16.5. The predicted octanol–water partition coefficient (Wildman–Crippen LogP) is 3.83. The number of aromatic nitrogens is 2. The van der Waals surface area contributed by atoms with E-state index in [0.29, 0.717) is 17.2 Å². The first-order valence-electron chi connectivity index (χ1n) is 7.67. The zero-order valence-electron chi connectivity index (χ0n) is 13.6. The van der Waals surface area contributed by atoms with Gasteiger partial charge in [-0.3, -0.25) is 0 Å². The van der Waals surface area contributed by atoms with Crippen molar-refractivity contribution in [2.45, 2.75) is 6.92 Å². The average molecular weight is 334 g/mol. The maximum Gasteiger partial charge on any atom is 0.349 e. The van der Waals surface area contributed by atoms with Crippen molar-refractivity contribution in [3.05, 3.63) is 64.5 Å². The first kappa shape index (κ1) is 15.1. The molecule has 0 radical (unpaired) electrons. The fraction of sp³-hybridized carbons (Fsp3) is 0.105. The van der Waals surface area contributed by atoms with E-state index in [9.17, 15) is 4.79 Å². The molecule has 25 heavy (non-hydrogen) atoms. The SMILES string of the molecule is COc1ccc2cc(-c3nc(-c4ccccc4C)no3)c(=O)oc2c1. The first-order valence-corrected chi connectivity index (χ1v) is 7.67. The van der Waals surface area contributed by atoms with Gasteiger partial charge in [0.25, 0.3) is 5.89 Å². The molecule has 0 spiro atoms. The predicted molar refractivity (Wildman–Crippen MR) is 92.5 cm³/mol. The minimum absolute atomic E-state index is 0.129. The Bertz CT molecular complexity index is 1130. The number of fused-ring (bicyclic) bond motifs is 1.